The molecule has 0 N–H and O–H groups in total. The average Bonchev–Trinajstić information content (AvgIpc) is 2.42. The summed E-state index contributed by atoms with van der Waals surface area (Å²) in [5, 5.41) is 0.705. The first-order valence-corrected chi connectivity index (χ1v) is 5.91. The van der Waals surface area contributed by atoms with Gasteiger partial charge in [0, 0.05) is 0 Å². The van der Waals surface area contributed by atoms with Crippen LogP contribution < -0.4 is 4.74 Å². The molecule has 0 aromatic heterocycles. The summed E-state index contributed by atoms with van der Waals surface area (Å²) in [6.07, 6.45) is 3.20. The summed E-state index contributed by atoms with van der Waals surface area (Å²) < 4.78 is 5.83. The SMILES string of the molecule is CC1=Cc2cc(OC(C)(C)C)c(Cl)cc2C1. The van der Waals surface area contributed by atoms with Crippen LogP contribution in [0.3, 0.4) is 0 Å². The monoisotopic (exact) mass is 236 g/mol. The van der Waals surface area contributed by atoms with E-state index in [1.54, 1.807) is 0 Å². The van der Waals surface area contributed by atoms with Gasteiger partial charge in [0.25, 0.3) is 0 Å². The number of hydrogen-bond donors (Lipinski definition) is 0. The van der Waals surface area contributed by atoms with E-state index in [1.807, 2.05) is 32.9 Å². The molecule has 2 heteroatoms. The Morgan fingerprint density at radius 3 is 2.56 bits per heavy atom. The fourth-order valence-electron chi connectivity index (χ4n) is 1.92. The maximum absolute atomic E-state index is 6.21. The minimum atomic E-state index is -0.213. The van der Waals surface area contributed by atoms with Crippen LogP contribution in [0, 0.1) is 0 Å². The van der Waals surface area contributed by atoms with Gasteiger partial charge in [0.05, 0.1) is 5.02 Å². The lowest BCUT2D eigenvalue weighted by Gasteiger charge is -2.22. The van der Waals surface area contributed by atoms with Crippen LogP contribution in [0.1, 0.15) is 38.8 Å². The molecule has 0 saturated heterocycles. The predicted molar refractivity (Wildman–Crippen MR) is 69.2 cm³/mol. The molecule has 0 radical (unpaired) electrons. The van der Waals surface area contributed by atoms with Gasteiger partial charge in [-0.3, -0.25) is 0 Å². The Morgan fingerprint density at radius 2 is 1.94 bits per heavy atom. The van der Waals surface area contributed by atoms with Crippen LogP contribution in [0.15, 0.2) is 17.7 Å². The highest BCUT2D eigenvalue weighted by Crippen LogP contribution is 2.35. The van der Waals surface area contributed by atoms with Crippen LogP contribution in [0.4, 0.5) is 0 Å². The summed E-state index contributed by atoms with van der Waals surface area (Å²) >= 11 is 6.21. The summed E-state index contributed by atoms with van der Waals surface area (Å²) in [4.78, 5) is 0. The number of rotatable bonds is 1. The van der Waals surface area contributed by atoms with Gasteiger partial charge in [0.15, 0.2) is 0 Å². The molecular formula is C14H17ClO. The largest absolute Gasteiger partial charge is 0.487 e. The highest BCUT2D eigenvalue weighted by Gasteiger charge is 2.18. The number of fused-ring (bicyclic) bond motifs is 1. The Kier molecular flexibility index (Phi) is 2.75. The quantitative estimate of drug-likeness (QED) is 0.699. The number of hydrogen-bond acceptors (Lipinski definition) is 1. The zero-order chi connectivity index (χ0) is 11.9. The van der Waals surface area contributed by atoms with Crippen LogP contribution in [0.5, 0.6) is 5.75 Å². The van der Waals surface area contributed by atoms with Crippen molar-refractivity contribution in [2.24, 2.45) is 0 Å². The summed E-state index contributed by atoms with van der Waals surface area (Å²) in [5.74, 6) is 0.777. The highest BCUT2D eigenvalue weighted by molar-refractivity contribution is 6.32. The number of benzene rings is 1. The van der Waals surface area contributed by atoms with E-state index in [0.29, 0.717) is 5.02 Å². The highest BCUT2D eigenvalue weighted by atomic mass is 35.5. The summed E-state index contributed by atoms with van der Waals surface area (Å²) in [7, 11) is 0. The molecule has 1 aromatic carbocycles. The third kappa shape index (κ3) is 2.41. The van der Waals surface area contributed by atoms with E-state index in [0.717, 1.165) is 12.2 Å². The number of halogens is 1. The van der Waals surface area contributed by atoms with E-state index in [-0.39, 0.29) is 5.60 Å². The summed E-state index contributed by atoms with van der Waals surface area (Å²) in [6.45, 7) is 8.21. The Labute approximate surface area is 102 Å². The van der Waals surface area contributed by atoms with Gasteiger partial charge in [-0.15, -0.1) is 0 Å². The minimum absolute atomic E-state index is 0.213. The van der Waals surface area contributed by atoms with E-state index in [1.165, 1.54) is 16.7 Å². The molecule has 86 valence electrons. The lowest BCUT2D eigenvalue weighted by atomic mass is 10.1. The summed E-state index contributed by atoms with van der Waals surface area (Å²) in [6, 6.07) is 4.06. The van der Waals surface area contributed by atoms with Crippen molar-refractivity contribution >= 4 is 17.7 Å². The Morgan fingerprint density at radius 1 is 1.25 bits per heavy atom. The molecule has 0 aliphatic heterocycles. The zero-order valence-corrected chi connectivity index (χ0v) is 11.0. The third-order valence-electron chi connectivity index (χ3n) is 2.48. The van der Waals surface area contributed by atoms with Crippen LogP contribution in [-0.2, 0) is 6.42 Å². The topological polar surface area (TPSA) is 9.23 Å². The van der Waals surface area contributed by atoms with Gasteiger partial charge < -0.3 is 4.74 Å². The van der Waals surface area contributed by atoms with Crippen molar-refractivity contribution < 1.29 is 4.74 Å². The molecule has 1 aliphatic carbocycles. The maximum atomic E-state index is 6.21. The van der Waals surface area contributed by atoms with Crippen molar-refractivity contribution in [1.82, 2.24) is 0 Å². The van der Waals surface area contributed by atoms with Crippen LogP contribution in [0.2, 0.25) is 5.02 Å². The molecule has 16 heavy (non-hydrogen) atoms. The molecule has 0 fully saturated rings. The van der Waals surface area contributed by atoms with Crippen molar-refractivity contribution in [3.05, 3.63) is 33.9 Å². The molecule has 0 atom stereocenters. The second-order valence-electron chi connectivity index (χ2n) is 5.36. The van der Waals surface area contributed by atoms with Crippen molar-refractivity contribution in [1.29, 1.82) is 0 Å². The molecule has 1 nitrogen and oxygen atoms in total. The molecule has 0 saturated carbocycles. The molecule has 0 spiro atoms. The Hall–Kier alpha value is -0.950. The number of ether oxygens (including phenoxy) is 1. The molecule has 0 unspecified atom stereocenters. The average molecular weight is 237 g/mol. The zero-order valence-electron chi connectivity index (χ0n) is 10.2. The Balaban J connectivity index is 2.37. The van der Waals surface area contributed by atoms with Gasteiger partial charge in [-0.25, -0.2) is 0 Å². The van der Waals surface area contributed by atoms with Crippen molar-refractivity contribution in [2.45, 2.75) is 39.7 Å². The number of allylic oxidation sites excluding steroid dienone is 1. The van der Waals surface area contributed by atoms with E-state index in [2.05, 4.69) is 13.0 Å². The van der Waals surface area contributed by atoms with E-state index in [9.17, 15) is 0 Å². The van der Waals surface area contributed by atoms with Gasteiger partial charge in [-0.2, -0.15) is 0 Å². The first-order valence-electron chi connectivity index (χ1n) is 5.54. The predicted octanol–water partition coefficient (Wildman–Crippen LogP) is 4.48. The Bertz CT molecular complexity index is 453. The van der Waals surface area contributed by atoms with Gasteiger partial charge in [0.1, 0.15) is 11.4 Å². The molecule has 0 bridgehead atoms. The fraction of sp³-hybridized carbons (Fsp3) is 0.429. The molecular weight excluding hydrogens is 220 g/mol. The fourth-order valence-corrected chi connectivity index (χ4v) is 2.15. The smallest absolute Gasteiger partial charge is 0.139 e. The van der Waals surface area contributed by atoms with Crippen molar-refractivity contribution in [3.63, 3.8) is 0 Å². The van der Waals surface area contributed by atoms with E-state index in [4.69, 9.17) is 16.3 Å². The molecule has 0 heterocycles. The molecule has 1 aromatic rings. The lowest BCUT2D eigenvalue weighted by Crippen LogP contribution is -2.23. The first kappa shape index (κ1) is 11.5. The summed E-state index contributed by atoms with van der Waals surface area (Å²) in [5.41, 5.74) is 3.69. The van der Waals surface area contributed by atoms with Gasteiger partial charge >= 0.3 is 0 Å². The van der Waals surface area contributed by atoms with Crippen molar-refractivity contribution in [2.75, 3.05) is 0 Å². The molecule has 2 rings (SSSR count). The van der Waals surface area contributed by atoms with Gasteiger partial charge in [-0.1, -0.05) is 23.3 Å². The minimum Gasteiger partial charge on any atom is -0.487 e. The first-order chi connectivity index (χ1) is 7.35. The standard InChI is InChI=1S/C14H17ClO/c1-9-5-10-7-12(15)13(8-11(10)6-9)16-14(2,3)4/h6-8H,5H2,1-4H3. The third-order valence-corrected chi connectivity index (χ3v) is 2.78. The maximum Gasteiger partial charge on any atom is 0.139 e. The lowest BCUT2D eigenvalue weighted by molar-refractivity contribution is 0.131. The second kappa shape index (κ2) is 3.81. The van der Waals surface area contributed by atoms with Crippen LogP contribution in [0.25, 0.3) is 6.08 Å². The van der Waals surface area contributed by atoms with Gasteiger partial charge in [-0.05, 0) is 57.4 Å². The normalized spacial score (nSPS) is 14.7. The van der Waals surface area contributed by atoms with Crippen LogP contribution >= 0.6 is 11.6 Å². The second-order valence-corrected chi connectivity index (χ2v) is 5.77. The van der Waals surface area contributed by atoms with E-state index < -0.39 is 0 Å². The van der Waals surface area contributed by atoms with Crippen LogP contribution in [-0.4, -0.2) is 5.60 Å². The van der Waals surface area contributed by atoms with Crippen molar-refractivity contribution in [3.8, 4) is 5.75 Å². The van der Waals surface area contributed by atoms with E-state index >= 15 is 0 Å². The molecule has 0 amide bonds. The van der Waals surface area contributed by atoms with Gasteiger partial charge in [0.2, 0.25) is 0 Å². The molecule has 1 aliphatic rings.